The molecule has 0 saturated heterocycles. The van der Waals surface area contributed by atoms with Crippen molar-refractivity contribution in [3.05, 3.63) is 86.0 Å². The van der Waals surface area contributed by atoms with Crippen molar-refractivity contribution in [3.63, 3.8) is 0 Å². The molecule has 2 heterocycles. The van der Waals surface area contributed by atoms with Crippen LogP contribution in [0.2, 0.25) is 0 Å². The number of hydrogen-bond donors (Lipinski definition) is 0. The summed E-state index contributed by atoms with van der Waals surface area (Å²) in [7, 11) is 0. The molecule has 0 fully saturated rings. The predicted molar refractivity (Wildman–Crippen MR) is 105 cm³/mol. The van der Waals surface area contributed by atoms with E-state index in [2.05, 4.69) is 29.7 Å². The first-order valence-corrected chi connectivity index (χ1v) is 7.74. The molecule has 4 nitrogen and oxygen atoms in total. The minimum absolute atomic E-state index is 0.373. The average Bonchev–Trinajstić information content (AvgIpc) is 2.62. The van der Waals surface area contributed by atoms with Crippen LogP contribution in [0.4, 0.5) is 0 Å². The second kappa shape index (κ2) is 12.4. The molecule has 0 aliphatic rings. The Morgan fingerprint density at radius 3 is 1.52 bits per heavy atom. The van der Waals surface area contributed by atoms with Gasteiger partial charge in [-0.05, 0) is 57.2 Å². The molecule has 0 atom stereocenters. The lowest BCUT2D eigenvalue weighted by atomic mass is 10.2. The Labute approximate surface area is 150 Å². The average molecular weight is 338 g/mol. The third-order valence-electron chi connectivity index (χ3n) is 2.37. The van der Waals surface area contributed by atoms with E-state index in [-0.39, 0.29) is 5.97 Å². The molecular weight excluding hydrogens is 312 g/mol. The minimum atomic E-state index is -0.398. The number of ether oxygens (including phenoxy) is 1. The number of carbonyl (C=O) groups is 1. The Balaban J connectivity index is 0.000000346. The van der Waals surface area contributed by atoms with Crippen LogP contribution in [-0.2, 0) is 9.53 Å². The van der Waals surface area contributed by atoms with Gasteiger partial charge in [0.15, 0.2) is 0 Å². The summed E-state index contributed by atoms with van der Waals surface area (Å²) in [5.74, 6) is -0.373. The van der Waals surface area contributed by atoms with Crippen LogP contribution in [-0.4, -0.2) is 21.5 Å². The molecule has 4 heteroatoms. The fourth-order valence-corrected chi connectivity index (χ4v) is 1.34. The number of esters is 1. The summed E-state index contributed by atoms with van der Waals surface area (Å²) < 4.78 is 4.83. The highest BCUT2D eigenvalue weighted by atomic mass is 16.6. The zero-order chi connectivity index (χ0) is 19.1. The fourth-order valence-electron chi connectivity index (χ4n) is 1.34. The van der Waals surface area contributed by atoms with Gasteiger partial charge in [0.25, 0.3) is 0 Å². The van der Waals surface area contributed by atoms with Gasteiger partial charge < -0.3 is 4.74 Å². The van der Waals surface area contributed by atoms with Gasteiger partial charge in [0.05, 0.1) is 11.4 Å². The zero-order valence-electron chi connectivity index (χ0n) is 15.2. The van der Waals surface area contributed by atoms with Crippen LogP contribution in [0.15, 0.2) is 74.6 Å². The topological polar surface area (TPSA) is 52.1 Å². The smallest absolute Gasteiger partial charge is 0.330 e. The van der Waals surface area contributed by atoms with Gasteiger partial charge in [-0.1, -0.05) is 31.9 Å². The van der Waals surface area contributed by atoms with Gasteiger partial charge in [-0.2, -0.15) is 0 Å². The molecule has 0 radical (unpaired) electrons. The molecule has 2 rings (SSSR count). The van der Waals surface area contributed by atoms with E-state index >= 15 is 0 Å². The highest BCUT2D eigenvalue weighted by molar-refractivity contribution is 5.81. The van der Waals surface area contributed by atoms with E-state index in [0.29, 0.717) is 0 Å². The van der Waals surface area contributed by atoms with Crippen LogP contribution in [0.3, 0.4) is 0 Å². The molecule has 25 heavy (non-hydrogen) atoms. The molecule has 2 aromatic heterocycles. The van der Waals surface area contributed by atoms with Crippen molar-refractivity contribution in [1.82, 2.24) is 9.97 Å². The molecule has 0 spiro atoms. The molecule has 0 aliphatic carbocycles. The first kappa shape index (κ1) is 22.0. The fraction of sp³-hybridized carbons (Fsp3) is 0.190. The Hall–Kier alpha value is -3.01. The summed E-state index contributed by atoms with van der Waals surface area (Å²) >= 11 is 0. The van der Waals surface area contributed by atoms with Gasteiger partial charge in [-0.25, -0.2) is 4.79 Å². The molecule has 0 N–H and O–H groups in total. The zero-order valence-corrected chi connectivity index (χ0v) is 15.2. The van der Waals surface area contributed by atoms with Gasteiger partial charge in [0.2, 0.25) is 0 Å². The molecule has 0 unspecified atom stereocenters. The van der Waals surface area contributed by atoms with Crippen LogP contribution in [0.1, 0.15) is 32.2 Å². The molecule has 0 aromatic carbocycles. The van der Waals surface area contributed by atoms with E-state index < -0.39 is 5.60 Å². The normalized spacial score (nSPS) is 9.24. The van der Waals surface area contributed by atoms with Crippen molar-refractivity contribution in [2.75, 3.05) is 0 Å². The van der Waals surface area contributed by atoms with E-state index in [4.69, 9.17) is 4.74 Å². The third kappa shape index (κ3) is 13.2. The van der Waals surface area contributed by atoms with E-state index in [1.165, 1.54) is 0 Å². The number of nitrogens with zero attached hydrogens (tertiary/aromatic N) is 2. The number of rotatable bonds is 3. The standard InChI is InChI=1S/2C7H7N.C7H12O2/c2*1-2-7-5-3-4-6-8-7;1-5-6(8)9-7(2,3)4/h2*2-6H,1H2;5H,1H2,2-4H3. The number of hydrogen-bond acceptors (Lipinski definition) is 4. The van der Waals surface area contributed by atoms with Crippen LogP contribution in [0.5, 0.6) is 0 Å². The summed E-state index contributed by atoms with van der Waals surface area (Å²) in [6, 6.07) is 11.5. The summed E-state index contributed by atoms with van der Waals surface area (Å²) in [4.78, 5) is 18.4. The number of pyridine rings is 2. The molecule has 0 amide bonds. The lowest BCUT2D eigenvalue weighted by molar-refractivity contribution is -0.148. The van der Waals surface area contributed by atoms with Crippen molar-refractivity contribution >= 4 is 18.1 Å². The number of aromatic nitrogens is 2. The quantitative estimate of drug-likeness (QED) is 0.586. The summed E-state index contributed by atoms with van der Waals surface area (Å²) in [6.07, 6.45) is 8.10. The lowest BCUT2D eigenvalue weighted by Gasteiger charge is -2.17. The van der Waals surface area contributed by atoms with Gasteiger partial charge in [-0.3, -0.25) is 9.97 Å². The minimum Gasteiger partial charge on any atom is -0.457 e. The Morgan fingerprint density at radius 1 is 0.920 bits per heavy atom. The first-order valence-electron chi connectivity index (χ1n) is 7.74. The maximum atomic E-state index is 10.5. The van der Waals surface area contributed by atoms with Crippen molar-refractivity contribution < 1.29 is 9.53 Å². The predicted octanol–water partition coefficient (Wildman–Crippen LogP) is 4.96. The monoisotopic (exact) mass is 338 g/mol. The second-order valence-electron chi connectivity index (χ2n) is 5.66. The molecular formula is C21H26N2O2. The first-order chi connectivity index (χ1) is 11.8. The van der Waals surface area contributed by atoms with Crippen molar-refractivity contribution in [3.8, 4) is 0 Å². The maximum Gasteiger partial charge on any atom is 0.330 e. The highest BCUT2D eigenvalue weighted by Gasteiger charge is 2.12. The summed E-state index contributed by atoms with van der Waals surface area (Å²) in [5.41, 5.74) is 1.45. The number of carbonyl (C=O) groups excluding carboxylic acids is 1. The van der Waals surface area contributed by atoms with Gasteiger partial charge in [0.1, 0.15) is 5.60 Å². The van der Waals surface area contributed by atoms with Crippen LogP contribution < -0.4 is 0 Å². The maximum absolute atomic E-state index is 10.5. The van der Waals surface area contributed by atoms with Gasteiger partial charge >= 0.3 is 5.97 Å². The van der Waals surface area contributed by atoms with Crippen molar-refractivity contribution in [1.29, 1.82) is 0 Å². The largest absolute Gasteiger partial charge is 0.457 e. The Kier molecular flexibility index (Phi) is 10.9. The van der Waals surface area contributed by atoms with Crippen LogP contribution in [0.25, 0.3) is 12.2 Å². The van der Waals surface area contributed by atoms with Crippen molar-refractivity contribution in [2.45, 2.75) is 26.4 Å². The highest BCUT2D eigenvalue weighted by Crippen LogP contribution is 2.06. The summed E-state index contributed by atoms with van der Waals surface area (Å²) in [5, 5.41) is 0. The van der Waals surface area contributed by atoms with Crippen molar-refractivity contribution in [2.24, 2.45) is 0 Å². The molecule has 0 bridgehead atoms. The Bertz CT molecular complexity index is 601. The Morgan fingerprint density at radius 2 is 1.36 bits per heavy atom. The molecule has 0 saturated carbocycles. The van der Waals surface area contributed by atoms with E-state index in [0.717, 1.165) is 17.5 Å². The molecule has 0 aliphatic heterocycles. The van der Waals surface area contributed by atoms with Crippen LogP contribution >= 0.6 is 0 Å². The van der Waals surface area contributed by atoms with E-state index in [1.807, 2.05) is 57.2 Å². The van der Waals surface area contributed by atoms with Crippen LogP contribution in [0, 0.1) is 0 Å². The second-order valence-corrected chi connectivity index (χ2v) is 5.66. The van der Waals surface area contributed by atoms with E-state index in [9.17, 15) is 4.79 Å². The lowest BCUT2D eigenvalue weighted by Crippen LogP contribution is -2.22. The van der Waals surface area contributed by atoms with Gasteiger partial charge in [-0.15, -0.1) is 0 Å². The summed E-state index contributed by atoms with van der Waals surface area (Å²) in [6.45, 7) is 15.8. The molecule has 2 aromatic rings. The molecule has 132 valence electrons. The SMILES string of the molecule is C=CC(=O)OC(C)(C)C.C=Cc1ccccn1.C=Cc1ccccn1. The van der Waals surface area contributed by atoms with E-state index in [1.54, 1.807) is 24.5 Å². The third-order valence-corrected chi connectivity index (χ3v) is 2.37. The van der Waals surface area contributed by atoms with Gasteiger partial charge in [0, 0.05) is 18.5 Å².